The molecule has 0 saturated carbocycles. The Morgan fingerprint density at radius 2 is 1.81 bits per heavy atom. The first-order chi connectivity index (χ1) is 7.65. The molecule has 0 bridgehead atoms. The zero-order valence-electron chi connectivity index (χ0n) is 9.48. The Morgan fingerprint density at radius 1 is 1.31 bits per heavy atom. The van der Waals surface area contributed by atoms with Crippen molar-refractivity contribution in [1.29, 1.82) is 5.26 Å². The van der Waals surface area contributed by atoms with Gasteiger partial charge in [0.2, 0.25) is 0 Å². The molecule has 4 heteroatoms. The summed E-state index contributed by atoms with van der Waals surface area (Å²) in [6.07, 6.45) is 0. The largest absolute Gasteiger partial charge is 0.496 e. The predicted octanol–water partition coefficient (Wildman–Crippen LogP) is 2.05. The van der Waals surface area contributed by atoms with Crippen molar-refractivity contribution in [2.45, 2.75) is 6.92 Å². The van der Waals surface area contributed by atoms with Gasteiger partial charge in [0.25, 0.3) is 0 Å². The predicted molar refractivity (Wildman–Crippen MR) is 58.7 cm³/mol. The highest BCUT2D eigenvalue weighted by atomic mass is 16.5. The average Bonchev–Trinajstić information content (AvgIpc) is 2.35. The number of benzene rings is 1. The number of carbonyl (C=O) groups is 1. The first-order valence-corrected chi connectivity index (χ1v) is 4.80. The molecule has 0 saturated heterocycles. The standard InChI is InChI=1S/C12H13NO3/c1-8(7-13)12(14)11-9(15-2)5-4-6-10(11)16-3/h4-6,8H,1-3H3. The molecule has 0 aromatic heterocycles. The van der Waals surface area contributed by atoms with Gasteiger partial charge in [-0.05, 0) is 19.1 Å². The maximum Gasteiger partial charge on any atom is 0.187 e. The third kappa shape index (κ3) is 2.14. The summed E-state index contributed by atoms with van der Waals surface area (Å²) < 4.78 is 10.2. The molecule has 1 atom stereocenters. The van der Waals surface area contributed by atoms with Crippen LogP contribution in [-0.2, 0) is 0 Å². The average molecular weight is 219 g/mol. The molecule has 0 aliphatic heterocycles. The Bertz CT molecular complexity index is 412. The lowest BCUT2D eigenvalue weighted by Crippen LogP contribution is -2.12. The molecule has 0 heterocycles. The fraction of sp³-hybridized carbons (Fsp3) is 0.333. The highest BCUT2D eigenvalue weighted by Gasteiger charge is 2.22. The molecule has 16 heavy (non-hydrogen) atoms. The SMILES string of the molecule is COc1cccc(OC)c1C(=O)C(C)C#N. The minimum atomic E-state index is -0.717. The van der Waals surface area contributed by atoms with Gasteiger partial charge in [-0.15, -0.1) is 0 Å². The van der Waals surface area contributed by atoms with Crippen LogP contribution in [0, 0.1) is 17.2 Å². The van der Waals surface area contributed by atoms with Crippen LogP contribution in [0.2, 0.25) is 0 Å². The smallest absolute Gasteiger partial charge is 0.187 e. The first kappa shape index (κ1) is 12.1. The van der Waals surface area contributed by atoms with Crippen molar-refractivity contribution >= 4 is 5.78 Å². The van der Waals surface area contributed by atoms with E-state index in [0.29, 0.717) is 17.1 Å². The molecule has 0 amide bonds. The molecule has 0 aliphatic rings. The molecule has 0 aliphatic carbocycles. The number of nitriles is 1. The second-order valence-electron chi connectivity index (χ2n) is 3.25. The van der Waals surface area contributed by atoms with E-state index < -0.39 is 5.92 Å². The molecule has 0 spiro atoms. The number of hydrogen-bond donors (Lipinski definition) is 0. The molecule has 0 N–H and O–H groups in total. The molecule has 1 rings (SSSR count). The van der Waals surface area contributed by atoms with Crippen molar-refractivity contribution in [1.82, 2.24) is 0 Å². The van der Waals surface area contributed by atoms with E-state index in [9.17, 15) is 4.79 Å². The monoisotopic (exact) mass is 219 g/mol. The number of Topliss-reactive ketones (excluding diaryl/α,β-unsaturated/α-hetero) is 1. The van der Waals surface area contributed by atoms with Gasteiger partial charge in [-0.2, -0.15) is 5.26 Å². The van der Waals surface area contributed by atoms with Crippen molar-refractivity contribution in [3.63, 3.8) is 0 Å². The van der Waals surface area contributed by atoms with E-state index in [1.54, 1.807) is 25.1 Å². The fourth-order valence-corrected chi connectivity index (χ4v) is 1.37. The van der Waals surface area contributed by atoms with Gasteiger partial charge in [-0.1, -0.05) is 6.07 Å². The summed E-state index contributed by atoms with van der Waals surface area (Å²) in [7, 11) is 2.95. The molecular formula is C12H13NO3. The Kier molecular flexibility index (Phi) is 3.90. The maximum atomic E-state index is 12.0. The lowest BCUT2D eigenvalue weighted by molar-refractivity contribution is 0.0950. The van der Waals surface area contributed by atoms with Crippen molar-refractivity contribution in [2.75, 3.05) is 14.2 Å². The van der Waals surface area contributed by atoms with Crippen LogP contribution in [0.25, 0.3) is 0 Å². The minimum Gasteiger partial charge on any atom is -0.496 e. The van der Waals surface area contributed by atoms with Crippen LogP contribution in [-0.4, -0.2) is 20.0 Å². The van der Waals surface area contributed by atoms with E-state index in [4.69, 9.17) is 14.7 Å². The van der Waals surface area contributed by atoms with Crippen molar-refractivity contribution in [2.24, 2.45) is 5.92 Å². The van der Waals surface area contributed by atoms with E-state index in [2.05, 4.69) is 0 Å². The van der Waals surface area contributed by atoms with E-state index in [1.807, 2.05) is 6.07 Å². The van der Waals surface area contributed by atoms with Gasteiger partial charge in [0.05, 0.1) is 20.3 Å². The number of ether oxygens (including phenoxy) is 2. The van der Waals surface area contributed by atoms with Crippen molar-refractivity contribution in [3.8, 4) is 17.6 Å². The number of nitrogens with zero attached hydrogens (tertiary/aromatic N) is 1. The van der Waals surface area contributed by atoms with Crippen LogP contribution in [0.3, 0.4) is 0 Å². The maximum absolute atomic E-state index is 12.0. The van der Waals surface area contributed by atoms with Gasteiger partial charge >= 0.3 is 0 Å². The molecule has 1 unspecified atom stereocenters. The summed E-state index contributed by atoms with van der Waals surface area (Å²) in [5.74, 6) is -0.167. The molecular weight excluding hydrogens is 206 g/mol. The second kappa shape index (κ2) is 5.17. The number of hydrogen-bond acceptors (Lipinski definition) is 4. The lowest BCUT2D eigenvalue weighted by Gasteiger charge is -2.12. The zero-order valence-corrected chi connectivity index (χ0v) is 9.48. The third-order valence-electron chi connectivity index (χ3n) is 2.26. The normalized spacial score (nSPS) is 11.4. The van der Waals surface area contributed by atoms with Gasteiger partial charge in [0.15, 0.2) is 5.78 Å². The minimum absolute atomic E-state index is 0.295. The summed E-state index contributed by atoms with van der Waals surface area (Å²) in [6, 6.07) is 6.97. The Balaban J connectivity index is 3.29. The van der Waals surface area contributed by atoms with Gasteiger partial charge in [-0.25, -0.2) is 0 Å². The van der Waals surface area contributed by atoms with Crippen LogP contribution >= 0.6 is 0 Å². The Labute approximate surface area is 94.4 Å². The third-order valence-corrected chi connectivity index (χ3v) is 2.26. The van der Waals surface area contributed by atoms with Crippen molar-refractivity contribution < 1.29 is 14.3 Å². The Morgan fingerprint density at radius 3 is 2.19 bits per heavy atom. The fourth-order valence-electron chi connectivity index (χ4n) is 1.37. The summed E-state index contributed by atoms with van der Waals surface area (Å²) in [4.78, 5) is 12.0. The number of ketones is 1. The summed E-state index contributed by atoms with van der Waals surface area (Å²) in [5.41, 5.74) is 0.321. The highest BCUT2D eigenvalue weighted by Crippen LogP contribution is 2.30. The summed E-state index contributed by atoms with van der Waals surface area (Å²) in [6.45, 7) is 1.55. The Hall–Kier alpha value is -2.02. The number of carbonyl (C=O) groups excluding carboxylic acids is 1. The van der Waals surface area contributed by atoms with E-state index in [0.717, 1.165) is 0 Å². The lowest BCUT2D eigenvalue weighted by atomic mass is 9.99. The molecule has 84 valence electrons. The number of methoxy groups -OCH3 is 2. The van der Waals surface area contributed by atoms with Gasteiger partial charge < -0.3 is 9.47 Å². The van der Waals surface area contributed by atoms with Crippen LogP contribution in [0.5, 0.6) is 11.5 Å². The van der Waals surface area contributed by atoms with Crippen LogP contribution < -0.4 is 9.47 Å². The quantitative estimate of drug-likeness (QED) is 0.727. The molecule has 4 nitrogen and oxygen atoms in total. The number of rotatable bonds is 4. The van der Waals surface area contributed by atoms with Gasteiger partial charge in [0.1, 0.15) is 23.0 Å². The highest BCUT2D eigenvalue weighted by molar-refractivity contribution is 6.03. The molecule has 1 aromatic rings. The summed E-state index contributed by atoms with van der Waals surface area (Å²) in [5, 5.41) is 8.74. The second-order valence-corrected chi connectivity index (χ2v) is 3.25. The van der Waals surface area contributed by atoms with E-state index in [1.165, 1.54) is 14.2 Å². The van der Waals surface area contributed by atoms with Gasteiger partial charge in [-0.3, -0.25) is 4.79 Å². The van der Waals surface area contributed by atoms with Crippen molar-refractivity contribution in [3.05, 3.63) is 23.8 Å². The molecule has 1 aromatic carbocycles. The zero-order chi connectivity index (χ0) is 12.1. The van der Waals surface area contributed by atoms with Crippen LogP contribution in [0.15, 0.2) is 18.2 Å². The molecule has 0 fully saturated rings. The first-order valence-electron chi connectivity index (χ1n) is 4.80. The van der Waals surface area contributed by atoms with E-state index in [-0.39, 0.29) is 5.78 Å². The van der Waals surface area contributed by atoms with Crippen LogP contribution in [0.4, 0.5) is 0 Å². The topological polar surface area (TPSA) is 59.3 Å². The van der Waals surface area contributed by atoms with Gasteiger partial charge in [0, 0.05) is 0 Å². The van der Waals surface area contributed by atoms with E-state index >= 15 is 0 Å². The van der Waals surface area contributed by atoms with Crippen LogP contribution in [0.1, 0.15) is 17.3 Å². The molecule has 0 radical (unpaired) electrons. The summed E-state index contributed by atoms with van der Waals surface area (Å²) >= 11 is 0.